The topological polar surface area (TPSA) is 124 Å². The number of fused-ring (bicyclic) bond motifs is 1. The molecule has 0 amide bonds. The minimum absolute atomic E-state index is 0.0129. The van der Waals surface area contributed by atoms with Crippen molar-refractivity contribution in [3.05, 3.63) is 85.3 Å². The van der Waals surface area contributed by atoms with Gasteiger partial charge in [0.2, 0.25) is 0 Å². The van der Waals surface area contributed by atoms with Crippen molar-refractivity contribution in [1.82, 2.24) is 14.5 Å². The second-order valence-electron chi connectivity index (χ2n) is 6.38. The molecule has 3 aromatic heterocycles. The highest BCUT2D eigenvalue weighted by Gasteiger charge is 2.36. The van der Waals surface area contributed by atoms with E-state index in [0.717, 1.165) is 16.9 Å². The first kappa shape index (κ1) is 19.3. The van der Waals surface area contributed by atoms with Gasteiger partial charge >= 0.3 is 5.97 Å². The molecule has 0 radical (unpaired) electrons. The third-order valence-corrected chi connectivity index (χ3v) is 5.78. The van der Waals surface area contributed by atoms with Gasteiger partial charge in [0.15, 0.2) is 0 Å². The molecule has 0 saturated carbocycles. The summed E-state index contributed by atoms with van der Waals surface area (Å²) in [4.78, 5) is 34.0. The van der Waals surface area contributed by atoms with Crippen molar-refractivity contribution in [1.29, 1.82) is 5.26 Å². The zero-order valence-electron chi connectivity index (χ0n) is 15.8. The Bertz CT molecular complexity index is 1380. The number of methoxy groups -OCH3 is 1. The number of allylic oxidation sites excluding steroid dienone is 1. The number of thiazole rings is 1. The highest BCUT2D eigenvalue weighted by Crippen LogP contribution is 2.35. The van der Waals surface area contributed by atoms with Crippen LogP contribution in [0.3, 0.4) is 0 Å². The SMILES string of the molecule is COC(=O)C1=c2s/c(=C/c3cccnc3)c(=O)n2C(N)=C(C#N)C1c1cccnc1. The number of pyridine rings is 2. The number of esters is 1. The molecular formula is C21H15N5O3S. The first-order valence-corrected chi connectivity index (χ1v) is 9.64. The Morgan fingerprint density at radius 3 is 2.63 bits per heavy atom. The molecule has 0 aliphatic carbocycles. The second kappa shape index (κ2) is 7.77. The normalized spacial score (nSPS) is 16.2. The highest BCUT2D eigenvalue weighted by atomic mass is 32.1. The number of rotatable bonds is 3. The number of nitrogens with two attached hydrogens (primary N) is 1. The van der Waals surface area contributed by atoms with E-state index >= 15 is 0 Å². The number of carbonyl (C=O) groups is 1. The Morgan fingerprint density at radius 1 is 1.30 bits per heavy atom. The van der Waals surface area contributed by atoms with Crippen LogP contribution in [-0.2, 0) is 9.53 Å². The van der Waals surface area contributed by atoms with E-state index in [1.54, 1.807) is 55.1 Å². The van der Waals surface area contributed by atoms with Crippen LogP contribution in [0.15, 0.2) is 59.4 Å². The fourth-order valence-corrected chi connectivity index (χ4v) is 4.51. The summed E-state index contributed by atoms with van der Waals surface area (Å²) in [6.45, 7) is 0. The smallest absolute Gasteiger partial charge is 0.337 e. The molecule has 148 valence electrons. The molecule has 0 saturated heterocycles. The highest BCUT2D eigenvalue weighted by molar-refractivity contribution is 7.07. The summed E-state index contributed by atoms with van der Waals surface area (Å²) in [5.74, 6) is -1.45. The van der Waals surface area contributed by atoms with Gasteiger partial charge in [-0.25, -0.2) is 4.79 Å². The van der Waals surface area contributed by atoms with Gasteiger partial charge in [-0.05, 0) is 29.3 Å². The molecule has 4 rings (SSSR count). The number of hydrogen-bond acceptors (Lipinski definition) is 8. The molecule has 1 aliphatic rings. The molecule has 0 bridgehead atoms. The summed E-state index contributed by atoms with van der Waals surface area (Å²) < 4.78 is 6.87. The van der Waals surface area contributed by atoms with Gasteiger partial charge in [-0.2, -0.15) is 5.26 Å². The van der Waals surface area contributed by atoms with Gasteiger partial charge in [0.1, 0.15) is 10.5 Å². The largest absolute Gasteiger partial charge is 0.466 e. The van der Waals surface area contributed by atoms with E-state index in [0.29, 0.717) is 14.8 Å². The third kappa shape index (κ3) is 3.09. The molecule has 4 heterocycles. The summed E-state index contributed by atoms with van der Waals surface area (Å²) >= 11 is 1.11. The van der Waals surface area contributed by atoms with Crippen LogP contribution in [-0.4, -0.2) is 27.6 Å². The molecule has 1 unspecified atom stereocenters. The number of nitriles is 1. The van der Waals surface area contributed by atoms with Crippen LogP contribution in [0, 0.1) is 11.3 Å². The van der Waals surface area contributed by atoms with E-state index in [1.165, 1.54) is 11.7 Å². The van der Waals surface area contributed by atoms with Gasteiger partial charge in [-0.15, -0.1) is 11.3 Å². The van der Waals surface area contributed by atoms with Crippen LogP contribution >= 0.6 is 11.3 Å². The van der Waals surface area contributed by atoms with Crippen molar-refractivity contribution in [3.8, 4) is 6.07 Å². The number of ether oxygens (including phenoxy) is 1. The van der Waals surface area contributed by atoms with E-state index in [1.807, 2.05) is 0 Å². The van der Waals surface area contributed by atoms with Crippen LogP contribution in [0.25, 0.3) is 17.5 Å². The van der Waals surface area contributed by atoms with Gasteiger partial charge in [-0.1, -0.05) is 12.1 Å². The van der Waals surface area contributed by atoms with Crippen molar-refractivity contribution < 1.29 is 9.53 Å². The molecule has 0 aromatic carbocycles. The lowest BCUT2D eigenvalue weighted by atomic mass is 9.84. The lowest BCUT2D eigenvalue weighted by Gasteiger charge is -2.24. The first-order chi connectivity index (χ1) is 14.6. The maximum atomic E-state index is 13.1. The zero-order chi connectivity index (χ0) is 21.3. The molecule has 0 spiro atoms. The van der Waals surface area contributed by atoms with E-state index in [2.05, 4.69) is 16.0 Å². The maximum absolute atomic E-state index is 13.1. The Morgan fingerprint density at radius 2 is 2.03 bits per heavy atom. The van der Waals surface area contributed by atoms with Crippen molar-refractivity contribution in [3.63, 3.8) is 0 Å². The summed E-state index contributed by atoms with van der Waals surface area (Å²) in [7, 11) is 1.25. The number of hydrogen-bond donors (Lipinski definition) is 1. The lowest BCUT2D eigenvalue weighted by Crippen LogP contribution is -2.40. The molecular weight excluding hydrogens is 402 g/mol. The molecule has 3 aromatic rings. The molecule has 8 nitrogen and oxygen atoms in total. The van der Waals surface area contributed by atoms with Crippen molar-refractivity contribution in [2.45, 2.75) is 5.92 Å². The van der Waals surface area contributed by atoms with Crippen LogP contribution in [0.2, 0.25) is 0 Å². The summed E-state index contributed by atoms with van der Waals surface area (Å²) in [5, 5.41) is 9.82. The average Bonchev–Trinajstić information content (AvgIpc) is 3.10. The number of aromatic nitrogens is 3. The van der Waals surface area contributed by atoms with Gasteiger partial charge < -0.3 is 10.5 Å². The predicted octanol–water partition coefficient (Wildman–Crippen LogP) is 0.301. The second-order valence-corrected chi connectivity index (χ2v) is 7.41. The fraction of sp³-hybridized carbons (Fsp3) is 0.0952. The standard InChI is InChI=1S/C21H15N5O3S/c1-29-21(28)17-16(13-5-3-7-25-11-13)14(9-22)18(23)26-19(27)15(30-20(17)26)8-12-4-2-6-24-10-12/h2-8,10-11,16H,23H2,1H3/b15-8+. The maximum Gasteiger partial charge on any atom is 0.337 e. The van der Waals surface area contributed by atoms with Crippen LogP contribution in [0.1, 0.15) is 17.0 Å². The van der Waals surface area contributed by atoms with Crippen LogP contribution in [0.4, 0.5) is 0 Å². The summed E-state index contributed by atoms with van der Waals surface area (Å²) in [5.41, 5.74) is 7.41. The summed E-state index contributed by atoms with van der Waals surface area (Å²) in [6.07, 6.45) is 8.06. The minimum atomic E-state index is -0.791. The van der Waals surface area contributed by atoms with Gasteiger partial charge in [0.25, 0.3) is 5.56 Å². The third-order valence-electron chi connectivity index (χ3n) is 4.67. The minimum Gasteiger partial charge on any atom is -0.466 e. The molecule has 0 fully saturated rings. The van der Waals surface area contributed by atoms with E-state index in [-0.39, 0.29) is 17.0 Å². The predicted molar refractivity (Wildman–Crippen MR) is 111 cm³/mol. The monoisotopic (exact) mass is 417 g/mol. The Labute approximate surface area is 174 Å². The first-order valence-electron chi connectivity index (χ1n) is 8.83. The quantitative estimate of drug-likeness (QED) is 0.608. The van der Waals surface area contributed by atoms with Crippen molar-refractivity contribution in [2.24, 2.45) is 5.73 Å². The van der Waals surface area contributed by atoms with Gasteiger partial charge in [-0.3, -0.25) is 19.3 Å². The fourth-order valence-electron chi connectivity index (χ4n) is 3.35. The zero-order valence-corrected chi connectivity index (χ0v) is 16.6. The Hall–Kier alpha value is -4.03. The van der Waals surface area contributed by atoms with E-state index < -0.39 is 17.4 Å². The van der Waals surface area contributed by atoms with Crippen LogP contribution in [0.5, 0.6) is 0 Å². The molecule has 2 N–H and O–H groups in total. The van der Waals surface area contributed by atoms with E-state index in [9.17, 15) is 14.9 Å². The molecule has 30 heavy (non-hydrogen) atoms. The molecule has 9 heteroatoms. The molecule has 1 aliphatic heterocycles. The van der Waals surface area contributed by atoms with Gasteiger partial charge in [0, 0.05) is 24.8 Å². The van der Waals surface area contributed by atoms with E-state index in [4.69, 9.17) is 10.5 Å². The Kier molecular flexibility index (Phi) is 5.00. The average molecular weight is 417 g/mol. The van der Waals surface area contributed by atoms with Gasteiger partial charge in [0.05, 0.1) is 34.8 Å². The van der Waals surface area contributed by atoms with Crippen molar-refractivity contribution >= 4 is 34.8 Å². The lowest BCUT2D eigenvalue weighted by molar-refractivity contribution is -0.134. The van der Waals surface area contributed by atoms with Crippen molar-refractivity contribution in [2.75, 3.05) is 7.11 Å². The number of nitrogens with zero attached hydrogens (tertiary/aromatic N) is 4. The molecule has 1 atom stereocenters. The van der Waals surface area contributed by atoms with Crippen LogP contribution < -0.4 is 20.5 Å². The Balaban J connectivity index is 2.12. The summed E-state index contributed by atoms with van der Waals surface area (Å²) in [6, 6.07) is 9.07. The number of carbonyl (C=O) groups excluding carboxylic acids is 1.